The summed E-state index contributed by atoms with van der Waals surface area (Å²) in [6, 6.07) is 8.71. The molecule has 2 atom stereocenters. The van der Waals surface area contributed by atoms with E-state index in [1.807, 2.05) is 7.05 Å². The molecule has 1 aliphatic carbocycles. The van der Waals surface area contributed by atoms with Gasteiger partial charge in [0.15, 0.2) is 0 Å². The molecule has 1 aromatic rings. The SMILES string of the molecule is CNC[C@H]1C[C@@H]1c1ccc(Br)cc1. The fourth-order valence-corrected chi connectivity index (χ4v) is 2.12. The molecule has 0 unspecified atom stereocenters. The predicted molar refractivity (Wildman–Crippen MR) is 58.9 cm³/mol. The van der Waals surface area contributed by atoms with Crippen LogP contribution in [-0.2, 0) is 0 Å². The highest BCUT2D eigenvalue weighted by molar-refractivity contribution is 9.10. The van der Waals surface area contributed by atoms with Crippen LogP contribution in [0.15, 0.2) is 28.7 Å². The Morgan fingerprint density at radius 2 is 2.08 bits per heavy atom. The zero-order valence-electron chi connectivity index (χ0n) is 7.76. The summed E-state index contributed by atoms with van der Waals surface area (Å²) < 4.78 is 1.17. The first-order chi connectivity index (χ1) is 6.31. The van der Waals surface area contributed by atoms with Gasteiger partial charge in [-0.3, -0.25) is 0 Å². The molecule has 70 valence electrons. The highest BCUT2D eigenvalue weighted by Crippen LogP contribution is 2.46. The van der Waals surface area contributed by atoms with Crippen molar-refractivity contribution in [2.24, 2.45) is 5.92 Å². The topological polar surface area (TPSA) is 12.0 Å². The lowest BCUT2D eigenvalue weighted by Crippen LogP contribution is -2.10. The third-order valence-electron chi connectivity index (χ3n) is 2.69. The largest absolute Gasteiger partial charge is 0.319 e. The van der Waals surface area contributed by atoms with Crippen LogP contribution >= 0.6 is 15.9 Å². The molecule has 0 bridgehead atoms. The molecule has 2 heteroatoms. The van der Waals surface area contributed by atoms with E-state index in [9.17, 15) is 0 Å². The molecule has 13 heavy (non-hydrogen) atoms. The molecule has 1 N–H and O–H groups in total. The van der Waals surface area contributed by atoms with E-state index in [-0.39, 0.29) is 0 Å². The third kappa shape index (κ3) is 2.12. The second-order valence-corrected chi connectivity index (χ2v) is 4.63. The number of hydrogen-bond acceptors (Lipinski definition) is 1. The maximum absolute atomic E-state index is 3.45. The smallest absolute Gasteiger partial charge is 0.0175 e. The molecule has 0 radical (unpaired) electrons. The van der Waals surface area contributed by atoms with Crippen LogP contribution in [0.25, 0.3) is 0 Å². The van der Waals surface area contributed by atoms with Crippen LogP contribution in [0.4, 0.5) is 0 Å². The molecule has 0 spiro atoms. The van der Waals surface area contributed by atoms with Crippen LogP contribution < -0.4 is 5.32 Å². The van der Waals surface area contributed by atoms with Gasteiger partial charge in [0.2, 0.25) is 0 Å². The van der Waals surface area contributed by atoms with Crippen LogP contribution in [-0.4, -0.2) is 13.6 Å². The Balaban J connectivity index is 2.00. The van der Waals surface area contributed by atoms with E-state index < -0.39 is 0 Å². The van der Waals surface area contributed by atoms with Gasteiger partial charge in [0, 0.05) is 4.47 Å². The van der Waals surface area contributed by atoms with E-state index in [0.717, 1.165) is 18.4 Å². The minimum Gasteiger partial charge on any atom is -0.319 e. The molecular formula is C11H14BrN. The molecule has 0 aliphatic heterocycles. The summed E-state index contributed by atoms with van der Waals surface area (Å²) in [6.07, 6.45) is 1.35. The molecule has 0 amide bonds. The van der Waals surface area contributed by atoms with Gasteiger partial charge in [-0.2, -0.15) is 0 Å². The molecule has 2 rings (SSSR count). The average Bonchev–Trinajstić information content (AvgIpc) is 2.86. The second-order valence-electron chi connectivity index (χ2n) is 3.71. The van der Waals surface area contributed by atoms with Gasteiger partial charge in [0.25, 0.3) is 0 Å². The lowest BCUT2D eigenvalue weighted by Gasteiger charge is -2.00. The lowest BCUT2D eigenvalue weighted by atomic mass is 10.1. The van der Waals surface area contributed by atoms with Crippen molar-refractivity contribution < 1.29 is 0 Å². The Kier molecular flexibility index (Phi) is 2.70. The van der Waals surface area contributed by atoms with E-state index in [2.05, 4.69) is 45.5 Å². The minimum atomic E-state index is 0.806. The molecule has 0 saturated heterocycles. The minimum absolute atomic E-state index is 0.806. The first-order valence-electron chi connectivity index (χ1n) is 4.71. The predicted octanol–water partition coefficient (Wildman–Crippen LogP) is 2.77. The number of rotatable bonds is 3. The highest BCUT2D eigenvalue weighted by atomic mass is 79.9. The maximum atomic E-state index is 3.45. The summed E-state index contributed by atoms with van der Waals surface area (Å²) in [5.41, 5.74) is 1.49. The fourth-order valence-electron chi connectivity index (χ4n) is 1.85. The molecule has 1 aliphatic rings. The van der Waals surface area contributed by atoms with Gasteiger partial charge in [-0.05, 0) is 49.5 Å². The van der Waals surface area contributed by atoms with Crippen molar-refractivity contribution in [3.63, 3.8) is 0 Å². The summed E-state index contributed by atoms with van der Waals surface area (Å²) in [7, 11) is 2.02. The standard InChI is InChI=1S/C11H14BrN/c1-13-7-9-6-11(9)8-2-4-10(12)5-3-8/h2-5,9,11,13H,6-7H2,1H3/t9-,11-/m1/s1. The Hall–Kier alpha value is -0.340. The Morgan fingerprint density at radius 3 is 2.69 bits per heavy atom. The van der Waals surface area contributed by atoms with Gasteiger partial charge >= 0.3 is 0 Å². The van der Waals surface area contributed by atoms with E-state index in [0.29, 0.717) is 0 Å². The molecule has 1 fully saturated rings. The van der Waals surface area contributed by atoms with Crippen molar-refractivity contribution in [3.8, 4) is 0 Å². The maximum Gasteiger partial charge on any atom is 0.0175 e. The van der Waals surface area contributed by atoms with Gasteiger partial charge in [-0.15, -0.1) is 0 Å². The number of benzene rings is 1. The van der Waals surface area contributed by atoms with Gasteiger partial charge in [0.05, 0.1) is 0 Å². The van der Waals surface area contributed by atoms with Crippen LogP contribution in [0.3, 0.4) is 0 Å². The fraction of sp³-hybridized carbons (Fsp3) is 0.455. The molecule has 0 heterocycles. The van der Waals surface area contributed by atoms with Crippen LogP contribution in [0.1, 0.15) is 17.9 Å². The number of halogens is 1. The van der Waals surface area contributed by atoms with Gasteiger partial charge in [0.1, 0.15) is 0 Å². The summed E-state index contributed by atoms with van der Waals surface area (Å²) in [5, 5.41) is 3.23. The average molecular weight is 240 g/mol. The molecule has 1 nitrogen and oxygen atoms in total. The molecule has 0 aromatic heterocycles. The molecule has 1 saturated carbocycles. The normalized spacial score (nSPS) is 26.0. The second kappa shape index (κ2) is 3.81. The quantitative estimate of drug-likeness (QED) is 0.856. The lowest BCUT2D eigenvalue weighted by molar-refractivity contribution is 0.698. The van der Waals surface area contributed by atoms with Crippen molar-refractivity contribution in [3.05, 3.63) is 34.3 Å². The first-order valence-corrected chi connectivity index (χ1v) is 5.50. The Labute approximate surface area is 87.7 Å². The highest BCUT2D eigenvalue weighted by Gasteiger charge is 2.37. The Morgan fingerprint density at radius 1 is 1.38 bits per heavy atom. The van der Waals surface area contributed by atoms with Crippen molar-refractivity contribution in [2.75, 3.05) is 13.6 Å². The van der Waals surface area contributed by atoms with Crippen LogP contribution in [0, 0.1) is 5.92 Å². The number of hydrogen-bond donors (Lipinski definition) is 1. The summed E-state index contributed by atoms with van der Waals surface area (Å²) in [6.45, 7) is 1.15. The van der Waals surface area contributed by atoms with Gasteiger partial charge < -0.3 is 5.32 Å². The van der Waals surface area contributed by atoms with Gasteiger partial charge in [-0.25, -0.2) is 0 Å². The third-order valence-corrected chi connectivity index (χ3v) is 3.22. The Bertz CT molecular complexity index is 281. The summed E-state index contributed by atoms with van der Waals surface area (Å²) >= 11 is 3.45. The van der Waals surface area contributed by atoms with E-state index >= 15 is 0 Å². The van der Waals surface area contributed by atoms with E-state index in [1.165, 1.54) is 16.5 Å². The van der Waals surface area contributed by atoms with Crippen molar-refractivity contribution in [1.29, 1.82) is 0 Å². The van der Waals surface area contributed by atoms with Crippen LogP contribution in [0.5, 0.6) is 0 Å². The zero-order chi connectivity index (χ0) is 9.26. The summed E-state index contributed by atoms with van der Waals surface area (Å²) in [4.78, 5) is 0. The van der Waals surface area contributed by atoms with E-state index in [1.54, 1.807) is 0 Å². The molecular weight excluding hydrogens is 226 g/mol. The van der Waals surface area contributed by atoms with Crippen molar-refractivity contribution >= 4 is 15.9 Å². The van der Waals surface area contributed by atoms with E-state index in [4.69, 9.17) is 0 Å². The van der Waals surface area contributed by atoms with Crippen LogP contribution in [0.2, 0.25) is 0 Å². The monoisotopic (exact) mass is 239 g/mol. The summed E-state index contributed by atoms with van der Waals surface area (Å²) in [5.74, 6) is 1.67. The first kappa shape index (κ1) is 9.22. The van der Waals surface area contributed by atoms with Crippen molar-refractivity contribution in [1.82, 2.24) is 5.32 Å². The number of nitrogens with one attached hydrogen (secondary N) is 1. The molecule has 1 aromatic carbocycles. The van der Waals surface area contributed by atoms with Crippen molar-refractivity contribution in [2.45, 2.75) is 12.3 Å². The van der Waals surface area contributed by atoms with Gasteiger partial charge in [-0.1, -0.05) is 28.1 Å². The zero-order valence-corrected chi connectivity index (χ0v) is 9.34.